The van der Waals surface area contributed by atoms with Crippen molar-refractivity contribution in [3.63, 3.8) is 0 Å². The molecule has 5 heteroatoms. The summed E-state index contributed by atoms with van der Waals surface area (Å²) in [5, 5.41) is 21.5. The van der Waals surface area contributed by atoms with Crippen LogP contribution in [0.5, 0.6) is 0 Å². The molecule has 0 amide bonds. The minimum absolute atomic E-state index is 0.00316. The van der Waals surface area contributed by atoms with Crippen LogP contribution in [0.15, 0.2) is 77.7 Å². The van der Waals surface area contributed by atoms with E-state index in [1.54, 1.807) is 29.0 Å². The number of pyridine rings is 2. The van der Waals surface area contributed by atoms with Gasteiger partial charge in [0.05, 0.1) is 22.3 Å². The predicted octanol–water partition coefficient (Wildman–Crippen LogP) is 5.40. The molecular formula is C26H21N3O2. The van der Waals surface area contributed by atoms with E-state index in [4.69, 9.17) is 4.98 Å². The topological polar surface area (TPSA) is 78.9 Å². The van der Waals surface area contributed by atoms with Crippen LogP contribution in [0, 0.1) is 11.3 Å². The van der Waals surface area contributed by atoms with Gasteiger partial charge in [-0.25, -0.2) is 4.98 Å². The average Bonchev–Trinajstić information content (AvgIpc) is 2.81. The third kappa shape index (κ3) is 3.84. The van der Waals surface area contributed by atoms with Crippen molar-refractivity contribution in [2.24, 2.45) is 0 Å². The molecule has 0 aliphatic heterocycles. The van der Waals surface area contributed by atoms with Gasteiger partial charge in [0.2, 0.25) is 0 Å². The number of hydrogen-bond acceptors (Lipinski definition) is 4. The molecular weight excluding hydrogens is 386 g/mol. The van der Waals surface area contributed by atoms with Crippen LogP contribution in [0.2, 0.25) is 0 Å². The first-order chi connectivity index (χ1) is 15.1. The number of fused-ring (bicyclic) bond motifs is 1. The molecule has 2 aromatic heterocycles. The molecule has 0 atom stereocenters. The largest absolute Gasteiger partial charge is 0.507 e. The van der Waals surface area contributed by atoms with Gasteiger partial charge in [0.15, 0.2) is 0 Å². The molecule has 4 rings (SSSR count). The van der Waals surface area contributed by atoms with E-state index >= 15 is 0 Å². The Kier molecular flexibility index (Phi) is 5.63. The first-order valence-corrected chi connectivity index (χ1v) is 10.1. The molecule has 0 bridgehead atoms. The van der Waals surface area contributed by atoms with Gasteiger partial charge in [0, 0.05) is 35.3 Å². The molecule has 5 nitrogen and oxygen atoms in total. The first kappa shape index (κ1) is 20.1. The van der Waals surface area contributed by atoms with Crippen molar-refractivity contribution in [2.45, 2.75) is 19.9 Å². The van der Waals surface area contributed by atoms with Crippen LogP contribution in [-0.2, 0) is 6.54 Å². The number of nitriles is 1. The summed E-state index contributed by atoms with van der Waals surface area (Å²) in [4.78, 5) is 18.0. The van der Waals surface area contributed by atoms with Gasteiger partial charge in [-0.3, -0.25) is 4.79 Å². The lowest BCUT2D eigenvalue weighted by molar-refractivity contribution is 0.515. The quantitative estimate of drug-likeness (QED) is 0.449. The van der Waals surface area contributed by atoms with Crippen molar-refractivity contribution in [3.8, 4) is 17.3 Å². The minimum Gasteiger partial charge on any atom is -0.507 e. The van der Waals surface area contributed by atoms with Crippen LogP contribution in [0.25, 0.3) is 33.9 Å². The smallest absolute Gasteiger partial charge is 0.260 e. The first-order valence-electron chi connectivity index (χ1n) is 10.1. The van der Waals surface area contributed by atoms with E-state index in [1.807, 2.05) is 55.5 Å². The number of aromatic nitrogens is 2. The van der Waals surface area contributed by atoms with Crippen molar-refractivity contribution in [1.29, 1.82) is 5.26 Å². The van der Waals surface area contributed by atoms with Gasteiger partial charge >= 0.3 is 0 Å². The maximum Gasteiger partial charge on any atom is 0.260 e. The number of hydrogen-bond donors (Lipinski definition) is 1. The average molecular weight is 407 g/mol. The van der Waals surface area contributed by atoms with Gasteiger partial charge in [-0.1, -0.05) is 67.6 Å². The number of rotatable bonds is 5. The predicted molar refractivity (Wildman–Crippen MR) is 123 cm³/mol. The molecule has 0 unspecified atom stereocenters. The highest BCUT2D eigenvalue weighted by Gasteiger charge is 2.18. The molecule has 0 aliphatic carbocycles. The van der Waals surface area contributed by atoms with Gasteiger partial charge in [-0.15, -0.1) is 0 Å². The Morgan fingerprint density at radius 2 is 1.77 bits per heavy atom. The lowest BCUT2D eigenvalue weighted by Gasteiger charge is -2.13. The molecule has 0 radical (unpaired) electrons. The van der Waals surface area contributed by atoms with Crippen molar-refractivity contribution in [2.75, 3.05) is 0 Å². The third-order valence-electron chi connectivity index (χ3n) is 5.13. The Bertz CT molecular complexity index is 1370. The number of nitrogens with zero attached hydrogens (tertiary/aromatic N) is 3. The monoisotopic (exact) mass is 407 g/mol. The maximum atomic E-state index is 13.3. The molecule has 152 valence electrons. The molecule has 31 heavy (non-hydrogen) atoms. The number of benzene rings is 2. The molecule has 4 aromatic rings. The van der Waals surface area contributed by atoms with Crippen LogP contribution >= 0.6 is 0 Å². The van der Waals surface area contributed by atoms with Gasteiger partial charge in [-0.2, -0.15) is 5.26 Å². The van der Waals surface area contributed by atoms with Crippen molar-refractivity contribution in [3.05, 3.63) is 100 Å². The molecule has 0 aliphatic rings. The molecule has 0 saturated heterocycles. The summed E-state index contributed by atoms with van der Waals surface area (Å²) in [6, 6.07) is 22.5. The summed E-state index contributed by atoms with van der Waals surface area (Å²) >= 11 is 0. The van der Waals surface area contributed by atoms with Gasteiger partial charge in [0.1, 0.15) is 11.8 Å². The Labute approximate surface area is 180 Å². The number of aliphatic hydroxyl groups is 1. The fraction of sp³-hybridized carbons (Fsp3) is 0.115. The van der Waals surface area contributed by atoms with E-state index < -0.39 is 0 Å². The summed E-state index contributed by atoms with van der Waals surface area (Å²) in [7, 11) is 0. The summed E-state index contributed by atoms with van der Waals surface area (Å²) in [6.07, 6.45) is 4.02. The van der Waals surface area contributed by atoms with Crippen LogP contribution in [0.3, 0.4) is 0 Å². The van der Waals surface area contributed by atoms with Gasteiger partial charge < -0.3 is 9.67 Å². The lowest BCUT2D eigenvalue weighted by atomic mass is 9.99. The zero-order chi connectivity index (χ0) is 21.8. The van der Waals surface area contributed by atoms with E-state index in [2.05, 4.69) is 6.07 Å². The van der Waals surface area contributed by atoms with Crippen molar-refractivity contribution < 1.29 is 5.11 Å². The SMILES string of the molecule is CCCn1ccc2c(C#N)c(-c3ccccc3)nc(/C=C(\O)c3ccccc3)c2c1=O. The van der Waals surface area contributed by atoms with Gasteiger partial charge in [0.25, 0.3) is 5.56 Å². The molecule has 1 N–H and O–H groups in total. The maximum absolute atomic E-state index is 13.3. The number of aliphatic hydroxyl groups excluding tert-OH is 1. The van der Waals surface area contributed by atoms with Crippen molar-refractivity contribution >= 4 is 22.6 Å². The van der Waals surface area contributed by atoms with Crippen LogP contribution in [0.4, 0.5) is 0 Å². The van der Waals surface area contributed by atoms with Crippen LogP contribution in [-0.4, -0.2) is 14.7 Å². The highest BCUT2D eigenvalue weighted by Crippen LogP contribution is 2.30. The molecule has 2 aromatic carbocycles. The standard InChI is InChI=1S/C26H21N3O2/c1-2-14-29-15-13-20-21(17-27)25(19-11-7-4-8-12-19)28-22(24(20)26(29)31)16-23(30)18-9-5-3-6-10-18/h3-13,15-16,30H,2,14H2,1H3/b23-16-. The zero-order valence-electron chi connectivity index (χ0n) is 17.1. The fourth-order valence-corrected chi connectivity index (χ4v) is 3.65. The number of aryl methyl sites for hydroxylation is 1. The van der Waals surface area contributed by atoms with E-state index in [9.17, 15) is 15.2 Å². The summed E-state index contributed by atoms with van der Waals surface area (Å²) < 4.78 is 1.62. The zero-order valence-corrected chi connectivity index (χ0v) is 17.1. The Balaban J connectivity index is 2.08. The van der Waals surface area contributed by atoms with E-state index in [-0.39, 0.29) is 11.3 Å². The van der Waals surface area contributed by atoms with E-state index in [0.717, 1.165) is 12.0 Å². The third-order valence-corrected chi connectivity index (χ3v) is 5.13. The van der Waals surface area contributed by atoms with E-state index in [0.29, 0.717) is 39.8 Å². The summed E-state index contributed by atoms with van der Waals surface area (Å²) in [5.74, 6) is 0.00316. The fourth-order valence-electron chi connectivity index (χ4n) is 3.65. The van der Waals surface area contributed by atoms with Gasteiger partial charge in [-0.05, 0) is 12.5 Å². The highest BCUT2D eigenvalue weighted by molar-refractivity contribution is 5.98. The molecule has 0 saturated carbocycles. The normalized spacial score (nSPS) is 11.4. The van der Waals surface area contributed by atoms with Crippen LogP contribution < -0.4 is 5.56 Å². The van der Waals surface area contributed by atoms with Crippen LogP contribution in [0.1, 0.15) is 30.2 Å². The minimum atomic E-state index is -0.227. The molecule has 0 fully saturated rings. The second kappa shape index (κ2) is 8.68. The Hall–Kier alpha value is -4.17. The molecule has 0 spiro atoms. The van der Waals surface area contributed by atoms with Crippen molar-refractivity contribution in [1.82, 2.24) is 9.55 Å². The second-order valence-corrected chi connectivity index (χ2v) is 7.20. The Morgan fingerprint density at radius 3 is 2.42 bits per heavy atom. The van der Waals surface area contributed by atoms with E-state index in [1.165, 1.54) is 6.08 Å². The highest BCUT2D eigenvalue weighted by atomic mass is 16.3. The second-order valence-electron chi connectivity index (χ2n) is 7.20. The Morgan fingerprint density at radius 1 is 1.10 bits per heavy atom. The molecule has 2 heterocycles. The summed E-state index contributed by atoms with van der Waals surface area (Å²) in [5.41, 5.74) is 2.33. The summed E-state index contributed by atoms with van der Waals surface area (Å²) in [6.45, 7) is 2.56. The lowest BCUT2D eigenvalue weighted by Crippen LogP contribution is -2.21.